The van der Waals surface area contributed by atoms with Crippen LogP contribution < -0.4 is 4.74 Å². The number of hydrogen-bond donors (Lipinski definition) is 2. The van der Waals surface area contributed by atoms with Crippen LogP contribution in [0.3, 0.4) is 0 Å². The summed E-state index contributed by atoms with van der Waals surface area (Å²) in [6.07, 6.45) is 0.258. The predicted molar refractivity (Wildman–Crippen MR) is 94.6 cm³/mol. The average molecular weight is 387 g/mol. The number of rotatable bonds is 6. The molecule has 0 fully saturated rings. The molecule has 0 aromatic heterocycles. The van der Waals surface area contributed by atoms with Crippen LogP contribution in [0.5, 0.6) is 11.5 Å². The van der Waals surface area contributed by atoms with Gasteiger partial charge in [0.25, 0.3) is 0 Å². The molecule has 2 N–H and O–H groups in total. The van der Waals surface area contributed by atoms with Crippen molar-refractivity contribution in [1.29, 1.82) is 0 Å². The van der Waals surface area contributed by atoms with Crippen LogP contribution in [-0.2, 0) is 11.2 Å². The lowest BCUT2D eigenvalue weighted by molar-refractivity contribution is -0.139. The molecule has 2 aromatic rings. The lowest BCUT2D eigenvalue weighted by atomic mass is 9.96. The molecule has 0 radical (unpaired) electrons. The largest absolute Gasteiger partial charge is 0.505 e. The number of carboxylic acids is 1. The van der Waals surface area contributed by atoms with E-state index in [0.29, 0.717) is 16.7 Å². The van der Waals surface area contributed by atoms with E-state index >= 15 is 0 Å². The van der Waals surface area contributed by atoms with Crippen molar-refractivity contribution < 1.29 is 24.1 Å². The smallest absolute Gasteiger partial charge is 0.341 e. The van der Waals surface area contributed by atoms with Gasteiger partial charge < -0.3 is 14.9 Å². The first-order valence-electron chi connectivity index (χ1n) is 7.52. The van der Waals surface area contributed by atoms with E-state index in [4.69, 9.17) is 33.0 Å². The van der Waals surface area contributed by atoms with Crippen molar-refractivity contribution in [1.82, 2.24) is 0 Å². The van der Waals surface area contributed by atoms with Gasteiger partial charge in [0.1, 0.15) is 5.75 Å². The zero-order valence-electron chi connectivity index (χ0n) is 13.6. The van der Waals surface area contributed by atoms with Gasteiger partial charge in [0, 0.05) is 16.5 Å². The highest BCUT2D eigenvalue weighted by Crippen LogP contribution is 2.35. The minimum absolute atomic E-state index is 0.0489. The summed E-state index contributed by atoms with van der Waals surface area (Å²) in [5.41, 5.74) is 1.68. The van der Waals surface area contributed by atoms with E-state index in [1.165, 1.54) is 18.2 Å². The maximum absolute atomic E-state index is 14.0. The molecule has 25 heavy (non-hydrogen) atoms. The van der Waals surface area contributed by atoms with E-state index in [9.17, 15) is 14.3 Å². The Morgan fingerprint density at radius 1 is 1.20 bits per heavy atom. The van der Waals surface area contributed by atoms with E-state index in [1.54, 1.807) is 6.07 Å². The summed E-state index contributed by atoms with van der Waals surface area (Å²) in [6, 6.07) is 5.88. The zero-order chi connectivity index (χ0) is 18.7. The molecule has 0 heterocycles. The summed E-state index contributed by atoms with van der Waals surface area (Å²) in [5.74, 6) is -1.98. The van der Waals surface area contributed by atoms with Crippen molar-refractivity contribution in [3.05, 3.63) is 56.8 Å². The lowest BCUT2D eigenvalue weighted by Crippen LogP contribution is -2.09. The first-order chi connectivity index (χ1) is 11.7. The van der Waals surface area contributed by atoms with Crippen molar-refractivity contribution in [2.75, 3.05) is 6.61 Å². The third-order valence-corrected chi connectivity index (χ3v) is 4.31. The summed E-state index contributed by atoms with van der Waals surface area (Å²) in [4.78, 5) is 10.5. The van der Waals surface area contributed by atoms with Gasteiger partial charge in [-0.15, -0.1) is 0 Å². The Balaban J connectivity index is 2.33. The van der Waals surface area contributed by atoms with Crippen molar-refractivity contribution in [3.63, 3.8) is 0 Å². The Bertz CT molecular complexity index is 783. The molecular weight excluding hydrogens is 370 g/mol. The number of phenolic OH excluding ortho intramolecular Hbond substituents is 1. The second-order valence-corrected chi connectivity index (χ2v) is 6.71. The van der Waals surface area contributed by atoms with Crippen molar-refractivity contribution in [3.8, 4) is 11.5 Å². The molecule has 0 amide bonds. The summed E-state index contributed by atoms with van der Waals surface area (Å²) in [7, 11) is 0. The maximum atomic E-state index is 14.0. The van der Waals surface area contributed by atoms with Crippen molar-refractivity contribution in [2.24, 2.45) is 0 Å². The van der Waals surface area contributed by atoms with Gasteiger partial charge in [-0.25, -0.2) is 9.18 Å². The van der Waals surface area contributed by atoms with Crippen molar-refractivity contribution in [2.45, 2.75) is 26.2 Å². The highest BCUT2D eigenvalue weighted by Gasteiger charge is 2.16. The first kappa shape index (κ1) is 19.3. The van der Waals surface area contributed by atoms with Gasteiger partial charge >= 0.3 is 5.97 Å². The summed E-state index contributed by atoms with van der Waals surface area (Å²) >= 11 is 12.4. The third kappa shape index (κ3) is 4.77. The Labute approximate surface area is 154 Å². The molecule has 0 atom stereocenters. The van der Waals surface area contributed by atoms with Crippen LogP contribution in [0.25, 0.3) is 0 Å². The van der Waals surface area contributed by atoms with Crippen LogP contribution in [0, 0.1) is 5.82 Å². The van der Waals surface area contributed by atoms with Crippen LogP contribution in [0.2, 0.25) is 10.0 Å². The van der Waals surface area contributed by atoms with Gasteiger partial charge in [-0.1, -0.05) is 43.1 Å². The van der Waals surface area contributed by atoms with E-state index in [0.717, 1.165) is 0 Å². The lowest BCUT2D eigenvalue weighted by Gasteiger charge is -2.14. The molecule has 0 saturated heterocycles. The monoisotopic (exact) mass is 386 g/mol. The van der Waals surface area contributed by atoms with Gasteiger partial charge in [0.2, 0.25) is 0 Å². The number of hydrogen-bond acceptors (Lipinski definition) is 3. The Morgan fingerprint density at radius 3 is 2.32 bits per heavy atom. The van der Waals surface area contributed by atoms with Gasteiger partial charge in [0.05, 0.1) is 0 Å². The fraction of sp³-hybridized carbons (Fsp3) is 0.278. The van der Waals surface area contributed by atoms with Crippen LogP contribution in [0.15, 0.2) is 24.3 Å². The number of benzene rings is 2. The average Bonchev–Trinajstić information content (AvgIpc) is 2.51. The normalized spacial score (nSPS) is 11.0. The minimum atomic E-state index is -1.11. The van der Waals surface area contributed by atoms with Crippen LogP contribution in [0.1, 0.15) is 36.5 Å². The topological polar surface area (TPSA) is 66.8 Å². The number of ether oxygens (including phenoxy) is 1. The van der Waals surface area contributed by atoms with Gasteiger partial charge in [-0.05, 0) is 40.8 Å². The van der Waals surface area contributed by atoms with Crippen molar-refractivity contribution >= 4 is 29.2 Å². The number of halogens is 3. The molecule has 2 aromatic carbocycles. The predicted octanol–water partition coefficient (Wildman–Crippen LogP) is 5.02. The van der Waals surface area contributed by atoms with Crippen LogP contribution in [-0.4, -0.2) is 22.8 Å². The molecule has 0 bridgehead atoms. The SMILES string of the molecule is CC(C)c1cc(Cc2c(Cl)cc(OCC(=O)O)cc2Cl)cc(F)c1O. The molecule has 134 valence electrons. The number of carboxylic acid groups (broad SMARTS) is 1. The molecule has 0 unspecified atom stereocenters. The molecule has 0 spiro atoms. The fourth-order valence-electron chi connectivity index (χ4n) is 2.40. The molecule has 7 heteroatoms. The van der Waals surface area contributed by atoms with E-state index < -0.39 is 18.4 Å². The van der Waals surface area contributed by atoms with E-state index in [1.807, 2.05) is 13.8 Å². The van der Waals surface area contributed by atoms with Crippen LogP contribution in [0.4, 0.5) is 4.39 Å². The molecule has 4 nitrogen and oxygen atoms in total. The molecular formula is C18H17Cl2FO4. The first-order valence-corrected chi connectivity index (χ1v) is 8.28. The summed E-state index contributed by atoms with van der Waals surface area (Å²) in [6.45, 7) is 3.20. The van der Waals surface area contributed by atoms with Gasteiger partial charge in [-0.3, -0.25) is 0 Å². The highest BCUT2D eigenvalue weighted by atomic mass is 35.5. The van der Waals surface area contributed by atoms with Crippen LogP contribution >= 0.6 is 23.2 Å². The Morgan fingerprint density at radius 2 is 1.80 bits per heavy atom. The number of carbonyl (C=O) groups is 1. The summed E-state index contributed by atoms with van der Waals surface area (Å²) < 4.78 is 19.0. The fourth-order valence-corrected chi connectivity index (χ4v) is 3.00. The molecule has 0 aliphatic heterocycles. The third-order valence-electron chi connectivity index (χ3n) is 3.63. The molecule has 0 aliphatic carbocycles. The number of aliphatic carboxylic acids is 1. The highest BCUT2D eigenvalue weighted by molar-refractivity contribution is 6.36. The molecule has 0 saturated carbocycles. The standard InChI is InChI=1S/C18H17Cl2FO4/c1-9(2)12-3-10(5-16(21)18(12)24)4-13-14(19)6-11(7-15(13)20)25-8-17(22)23/h3,5-7,9,24H,4,8H2,1-2H3,(H,22,23). The molecule has 0 aliphatic rings. The second kappa shape index (κ2) is 7.93. The Hall–Kier alpha value is -1.98. The number of aromatic hydroxyl groups is 1. The minimum Gasteiger partial charge on any atom is -0.505 e. The molecule has 2 rings (SSSR count). The van der Waals surface area contributed by atoms with E-state index in [-0.39, 0.29) is 33.9 Å². The van der Waals surface area contributed by atoms with Gasteiger partial charge in [0.15, 0.2) is 18.2 Å². The number of phenols is 1. The quantitative estimate of drug-likeness (QED) is 0.731. The van der Waals surface area contributed by atoms with E-state index in [2.05, 4.69) is 0 Å². The van der Waals surface area contributed by atoms with Gasteiger partial charge in [-0.2, -0.15) is 0 Å². The second-order valence-electron chi connectivity index (χ2n) is 5.89. The zero-order valence-corrected chi connectivity index (χ0v) is 15.2. The Kier molecular flexibility index (Phi) is 6.14. The summed E-state index contributed by atoms with van der Waals surface area (Å²) in [5, 5.41) is 19.0. The maximum Gasteiger partial charge on any atom is 0.341 e.